The topological polar surface area (TPSA) is 59.0 Å². The van der Waals surface area contributed by atoms with E-state index in [1.807, 2.05) is 33.8 Å². The zero-order valence-corrected chi connectivity index (χ0v) is 29.7. The molecular weight excluding hydrogens is 627 g/mol. The molecule has 3 aromatic carbocycles. The molecule has 7 heteroatoms. The monoisotopic (exact) mass is 672 g/mol. The summed E-state index contributed by atoms with van der Waals surface area (Å²) in [6, 6.07) is 27.2. The molecule has 47 heavy (non-hydrogen) atoms. The Morgan fingerprint density at radius 2 is 1.49 bits per heavy atom. The van der Waals surface area contributed by atoms with Gasteiger partial charge in [-0.25, -0.2) is 0 Å². The largest absolute Gasteiger partial charge is 0.459 e. The number of ether oxygens (including phenoxy) is 1. The summed E-state index contributed by atoms with van der Waals surface area (Å²) in [6.07, 6.45) is 4.62. The lowest BCUT2D eigenvalue weighted by Crippen LogP contribution is -2.43. The van der Waals surface area contributed by atoms with Crippen molar-refractivity contribution >= 4 is 40.7 Å². The molecule has 5 rings (SSSR count). The Bertz CT molecular complexity index is 1590. The fraction of sp³-hybridized carbons (Fsp3) is 0.425. The van der Waals surface area contributed by atoms with Gasteiger partial charge >= 0.3 is 5.97 Å². The highest BCUT2D eigenvalue weighted by molar-refractivity contribution is 6.42. The van der Waals surface area contributed by atoms with E-state index in [0.717, 1.165) is 51.0 Å². The van der Waals surface area contributed by atoms with E-state index in [-0.39, 0.29) is 11.2 Å². The highest BCUT2D eigenvalue weighted by Crippen LogP contribution is 2.46. The number of hydrogen-bond donors (Lipinski definition) is 0. The number of ketones is 1. The van der Waals surface area contributed by atoms with Crippen LogP contribution in [0.4, 0.5) is 0 Å². The molecule has 0 amide bonds. The third-order valence-corrected chi connectivity index (χ3v) is 10.4. The molecule has 0 saturated carbocycles. The van der Waals surface area contributed by atoms with Crippen LogP contribution in [0.5, 0.6) is 0 Å². The molecule has 248 valence electrons. The van der Waals surface area contributed by atoms with Crippen molar-refractivity contribution < 1.29 is 14.3 Å². The first-order valence-corrected chi connectivity index (χ1v) is 17.5. The smallest absolute Gasteiger partial charge is 0.316 e. The van der Waals surface area contributed by atoms with Gasteiger partial charge in [-0.2, -0.15) is 0 Å². The minimum atomic E-state index is -0.782. The van der Waals surface area contributed by atoms with Crippen molar-refractivity contribution in [1.82, 2.24) is 4.90 Å². The third kappa shape index (κ3) is 7.91. The first-order chi connectivity index (χ1) is 22.4. The fourth-order valence-corrected chi connectivity index (χ4v) is 7.78. The van der Waals surface area contributed by atoms with E-state index in [1.165, 1.54) is 11.1 Å². The van der Waals surface area contributed by atoms with Crippen molar-refractivity contribution in [2.24, 2.45) is 10.9 Å². The number of Topliss-reactive ketones (excluding diaryl/α,β-unsaturated/α-hetero) is 1. The van der Waals surface area contributed by atoms with Crippen molar-refractivity contribution in [3.8, 4) is 0 Å². The van der Waals surface area contributed by atoms with Crippen LogP contribution in [0.2, 0.25) is 10.0 Å². The van der Waals surface area contributed by atoms with E-state index in [2.05, 4.69) is 65.6 Å². The van der Waals surface area contributed by atoms with Gasteiger partial charge in [0.15, 0.2) is 5.78 Å². The summed E-state index contributed by atoms with van der Waals surface area (Å²) >= 11 is 13.2. The minimum absolute atomic E-state index is 0.0237. The molecule has 2 heterocycles. The number of halogens is 2. The van der Waals surface area contributed by atoms with Gasteiger partial charge in [-0.05, 0) is 109 Å². The summed E-state index contributed by atoms with van der Waals surface area (Å²) in [4.78, 5) is 34.4. The van der Waals surface area contributed by atoms with E-state index in [9.17, 15) is 9.59 Å². The Morgan fingerprint density at radius 1 is 0.894 bits per heavy atom. The lowest BCUT2D eigenvalue weighted by Gasteiger charge is -2.43. The standard InChI is InChI=1S/C40H46Cl2N2O3/c1-27-34(38(46)47-39(3,4)5)36(31-19-14-20-32(41)37(31)42)35(28(2)45)33(43-27)21-12-13-24-44-25-22-40(23-26-44,29-15-8-6-9-16-29)30-17-10-7-11-18-30/h6-11,14-20,34,36H,12-13,21-26H2,1-5H3. The SMILES string of the molecule is CC(=O)C1=C(CCCCN2CCC(c3ccccc3)(c3ccccc3)CC2)N=C(C)C(C(=O)OC(C)(C)C)C1c1cccc(Cl)c1Cl. The number of rotatable bonds is 10. The summed E-state index contributed by atoms with van der Waals surface area (Å²) in [5, 5.41) is 0.717. The highest BCUT2D eigenvalue weighted by Gasteiger charge is 2.43. The lowest BCUT2D eigenvalue weighted by atomic mass is 9.68. The minimum Gasteiger partial charge on any atom is -0.459 e. The molecule has 0 radical (unpaired) electrons. The Kier molecular flexibility index (Phi) is 11.1. The van der Waals surface area contributed by atoms with Crippen LogP contribution in [0.15, 0.2) is 95.1 Å². The Morgan fingerprint density at radius 3 is 2.04 bits per heavy atom. The molecule has 0 aliphatic carbocycles. The van der Waals surface area contributed by atoms with Gasteiger partial charge in [-0.1, -0.05) is 96.0 Å². The van der Waals surface area contributed by atoms with Gasteiger partial charge in [-0.3, -0.25) is 14.6 Å². The van der Waals surface area contributed by atoms with E-state index in [0.29, 0.717) is 33.3 Å². The molecule has 0 aromatic heterocycles. The second-order valence-electron chi connectivity index (χ2n) is 13.9. The number of piperidine rings is 1. The van der Waals surface area contributed by atoms with E-state index >= 15 is 0 Å². The van der Waals surface area contributed by atoms with E-state index in [1.54, 1.807) is 19.1 Å². The number of benzene rings is 3. The van der Waals surface area contributed by atoms with Crippen LogP contribution in [0.25, 0.3) is 0 Å². The van der Waals surface area contributed by atoms with Crippen LogP contribution in [-0.4, -0.2) is 47.6 Å². The summed E-state index contributed by atoms with van der Waals surface area (Å²) in [6.45, 7) is 11.9. The van der Waals surface area contributed by atoms with Crippen molar-refractivity contribution in [3.63, 3.8) is 0 Å². The van der Waals surface area contributed by atoms with E-state index in [4.69, 9.17) is 32.9 Å². The molecule has 2 aliphatic rings. The van der Waals surface area contributed by atoms with Gasteiger partial charge < -0.3 is 9.64 Å². The number of unbranched alkanes of at least 4 members (excludes halogenated alkanes) is 1. The first-order valence-electron chi connectivity index (χ1n) is 16.7. The molecular formula is C40H46Cl2N2O3. The van der Waals surface area contributed by atoms with Gasteiger partial charge in [-0.15, -0.1) is 0 Å². The number of aliphatic imine (C=N–C) groups is 1. The molecule has 2 unspecified atom stereocenters. The summed E-state index contributed by atoms with van der Waals surface area (Å²) in [5.74, 6) is -1.97. The third-order valence-electron chi connectivity index (χ3n) is 9.57. The van der Waals surface area contributed by atoms with Crippen LogP contribution in [0, 0.1) is 5.92 Å². The van der Waals surface area contributed by atoms with Gasteiger partial charge in [0, 0.05) is 28.3 Å². The molecule has 2 aliphatic heterocycles. The normalized spacial score (nSPS) is 20.1. The van der Waals surface area contributed by atoms with Crippen molar-refractivity contribution in [2.75, 3.05) is 19.6 Å². The number of nitrogens with zero attached hydrogens (tertiary/aromatic N) is 2. The van der Waals surface area contributed by atoms with Crippen LogP contribution >= 0.6 is 23.2 Å². The summed E-state index contributed by atoms with van der Waals surface area (Å²) in [5.41, 5.74) is 4.60. The number of carbonyl (C=O) groups excluding carboxylic acids is 2. The van der Waals surface area contributed by atoms with Crippen LogP contribution < -0.4 is 0 Å². The molecule has 3 aromatic rings. The summed E-state index contributed by atoms with van der Waals surface area (Å²) < 4.78 is 5.83. The number of hydrogen-bond acceptors (Lipinski definition) is 5. The summed E-state index contributed by atoms with van der Waals surface area (Å²) in [7, 11) is 0. The lowest BCUT2D eigenvalue weighted by molar-refractivity contribution is -0.157. The zero-order valence-electron chi connectivity index (χ0n) is 28.2. The Hall–Kier alpha value is -3.25. The predicted molar refractivity (Wildman–Crippen MR) is 193 cm³/mol. The second-order valence-corrected chi connectivity index (χ2v) is 14.7. The van der Waals surface area contributed by atoms with Gasteiger partial charge in [0.05, 0.1) is 10.0 Å². The number of esters is 1. The molecule has 0 N–H and O–H groups in total. The maximum Gasteiger partial charge on any atom is 0.316 e. The molecule has 2 atom stereocenters. The zero-order chi connectivity index (χ0) is 33.8. The van der Waals surface area contributed by atoms with Gasteiger partial charge in [0.1, 0.15) is 11.5 Å². The van der Waals surface area contributed by atoms with Crippen molar-refractivity contribution in [3.05, 3.63) is 117 Å². The van der Waals surface area contributed by atoms with E-state index < -0.39 is 23.4 Å². The van der Waals surface area contributed by atoms with Crippen LogP contribution in [-0.2, 0) is 19.7 Å². The maximum atomic E-state index is 13.6. The van der Waals surface area contributed by atoms with Crippen LogP contribution in [0.1, 0.15) is 89.3 Å². The average molecular weight is 674 g/mol. The number of likely N-dealkylation sites (tertiary alicyclic amines) is 1. The Balaban J connectivity index is 1.32. The predicted octanol–water partition coefficient (Wildman–Crippen LogP) is 9.60. The highest BCUT2D eigenvalue weighted by atomic mass is 35.5. The second kappa shape index (κ2) is 14.9. The maximum absolute atomic E-state index is 13.6. The molecule has 5 nitrogen and oxygen atoms in total. The van der Waals surface area contributed by atoms with Crippen molar-refractivity contribution in [1.29, 1.82) is 0 Å². The molecule has 1 fully saturated rings. The van der Waals surface area contributed by atoms with Crippen LogP contribution in [0.3, 0.4) is 0 Å². The molecule has 1 saturated heterocycles. The van der Waals surface area contributed by atoms with Crippen molar-refractivity contribution in [2.45, 2.75) is 83.7 Å². The fourth-order valence-electron chi connectivity index (χ4n) is 7.36. The first kappa shape index (κ1) is 35.1. The number of carbonyl (C=O) groups is 2. The van der Waals surface area contributed by atoms with Gasteiger partial charge in [0.2, 0.25) is 0 Å². The number of allylic oxidation sites excluding steroid dienone is 2. The average Bonchev–Trinajstić information content (AvgIpc) is 3.04. The Labute approximate surface area is 290 Å². The molecule has 0 spiro atoms. The van der Waals surface area contributed by atoms with Gasteiger partial charge in [0.25, 0.3) is 0 Å². The molecule has 0 bridgehead atoms. The quantitative estimate of drug-likeness (QED) is 0.159.